The number of rotatable bonds is 3. The molecule has 2 rings (SSSR count). The number of benzene rings is 1. The van der Waals surface area contributed by atoms with Gasteiger partial charge in [0.2, 0.25) is 0 Å². The van der Waals surface area contributed by atoms with Crippen molar-refractivity contribution in [1.29, 1.82) is 0 Å². The van der Waals surface area contributed by atoms with Crippen LogP contribution in [-0.4, -0.2) is 13.1 Å². The van der Waals surface area contributed by atoms with Crippen LogP contribution >= 0.6 is 15.9 Å². The highest BCUT2D eigenvalue weighted by atomic mass is 79.9. The van der Waals surface area contributed by atoms with Crippen molar-refractivity contribution in [2.45, 2.75) is 25.8 Å². The van der Waals surface area contributed by atoms with E-state index in [1.54, 1.807) is 6.07 Å². The fourth-order valence-corrected chi connectivity index (χ4v) is 2.30. The lowest BCUT2D eigenvalue weighted by Crippen LogP contribution is -2.31. The molecule has 0 bridgehead atoms. The van der Waals surface area contributed by atoms with E-state index < -0.39 is 0 Å². The van der Waals surface area contributed by atoms with Crippen molar-refractivity contribution >= 4 is 27.3 Å². The van der Waals surface area contributed by atoms with E-state index in [2.05, 4.69) is 27.8 Å². The van der Waals surface area contributed by atoms with Gasteiger partial charge in [-0.25, -0.2) is 4.39 Å². The third-order valence-corrected chi connectivity index (χ3v) is 3.97. The van der Waals surface area contributed by atoms with Crippen LogP contribution in [0.2, 0.25) is 0 Å². The van der Waals surface area contributed by atoms with Gasteiger partial charge in [0, 0.05) is 19.2 Å². The predicted molar refractivity (Wildman–Crippen MR) is 69.1 cm³/mol. The first kappa shape index (κ1) is 11.7. The molecule has 0 saturated heterocycles. The summed E-state index contributed by atoms with van der Waals surface area (Å²) in [4.78, 5) is 2.14. The highest BCUT2D eigenvalue weighted by molar-refractivity contribution is 9.10. The van der Waals surface area contributed by atoms with Gasteiger partial charge in [-0.3, -0.25) is 0 Å². The fourth-order valence-electron chi connectivity index (χ4n) is 1.97. The summed E-state index contributed by atoms with van der Waals surface area (Å²) in [6.07, 6.45) is 2.57. The number of anilines is 2. The fraction of sp³-hybridized carbons (Fsp3) is 0.500. The minimum Gasteiger partial charge on any atom is -0.397 e. The molecule has 0 amide bonds. The number of nitrogens with zero attached hydrogens (tertiary/aromatic N) is 1. The second kappa shape index (κ2) is 4.24. The van der Waals surface area contributed by atoms with Crippen LogP contribution in [0.15, 0.2) is 16.6 Å². The smallest absolute Gasteiger partial charge is 0.139 e. The van der Waals surface area contributed by atoms with Gasteiger partial charge in [0.05, 0.1) is 15.8 Å². The molecule has 0 radical (unpaired) electrons. The molecule has 88 valence electrons. The lowest BCUT2D eigenvalue weighted by atomic mass is 10.1. The summed E-state index contributed by atoms with van der Waals surface area (Å²) < 4.78 is 13.7. The van der Waals surface area contributed by atoms with Crippen molar-refractivity contribution in [2.24, 2.45) is 5.92 Å². The summed E-state index contributed by atoms with van der Waals surface area (Å²) in [5.41, 5.74) is 7.24. The Balaban J connectivity index is 2.28. The lowest BCUT2D eigenvalue weighted by molar-refractivity contribution is 0.604. The molecular weight excluding hydrogens is 271 g/mol. The first-order valence-electron chi connectivity index (χ1n) is 5.48. The van der Waals surface area contributed by atoms with Gasteiger partial charge in [-0.05, 0) is 47.7 Å². The predicted octanol–water partition coefficient (Wildman–Crippen LogP) is 3.41. The summed E-state index contributed by atoms with van der Waals surface area (Å²) in [5.74, 6) is 0.446. The monoisotopic (exact) mass is 286 g/mol. The second-order valence-corrected chi connectivity index (χ2v) is 5.37. The van der Waals surface area contributed by atoms with E-state index in [1.807, 2.05) is 7.05 Å². The number of nitrogen functional groups attached to an aromatic ring is 1. The van der Waals surface area contributed by atoms with Gasteiger partial charge in [0.25, 0.3) is 0 Å². The maximum absolute atomic E-state index is 13.2. The minimum absolute atomic E-state index is 0.311. The average molecular weight is 287 g/mol. The molecule has 0 aliphatic heterocycles. The van der Waals surface area contributed by atoms with Gasteiger partial charge in [0.15, 0.2) is 0 Å². The van der Waals surface area contributed by atoms with Crippen LogP contribution in [0, 0.1) is 11.7 Å². The van der Waals surface area contributed by atoms with Crippen molar-refractivity contribution in [3.05, 3.63) is 22.4 Å². The highest BCUT2D eigenvalue weighted by Crippen LogP contribution is 2.38. The minimum atomic E-state index is -0.311. The maximum Gasteiger partial charge on any atom is 0.139 e. The number of hydrogen-bond acceptors (Lipinski definition) is 2. The van der Waals surface area contributed by atoms with E-state index in [1.165, 1.54) is 18.9 Å². The van der Waals surface area contributed by atoms with E-state index in [0.717, 1.165) is 11.6 Å². The van der Waals surface area contributed by atoms with Crippen molar-refractivity contribution in [3.8, 4) is 0 Å². The summed E-state index contributed by atoms with van der Waals surface area (Å²) >= 11 is 3.19. The van der Waals surface area contributed by atoms with E-state index in [-0.39, 0.29) is 5.82 Å². The van der Waals surface area contributed by atoms with Gasteiger partial charge in [-0.2, -0.15) is 0 Å². The molecule has 1 saturated carbocycles. The molecule has 1 aliphatic rings. The summed E-state index contributed by atoms with van der Waals surface area (Å²) in [6.45, 7) is 2.19. The van der Waals surface area contributed by atoms with E-state index in [4.69, 9.17) is 5.73 Å². The maximum atomic E-state index is 13.2. The van der Waals surface area contributed by atoms with Gasteiger partial charge in [0.1, 0.15) is 5.82 Å². The second-order valence-electron chi connectivity index (χ2n) is 4.51. The Labute approximate surface area is 104 Å². The first-order chi connectivity index (χ1) is 7.50. The van der Waals surface area contributed by atoms with Gasteiger partial charge < -0.3 is 10.6 Å². The molecule has 0 aromatic heterocycles. The summed E-state index contributed by atoms with van der Waals surface area (Å²) in [7, 11) is 2.01. The molecule has 0 heterocycles. The van der Waals surface area contributed by atoms with Gasteiger partial charge in [-0.1, -0.05) is 0 Å². The van der Waals surface area contributed by atoms with Crippen LogP contribution in [0.1, 0.15) is 19.8 Å². The molecule has 16 heavy (non-hydrogen) atoms. The molecule has 2 N–H and O–H groups in total. The third-order valence-electron chi connectivity index (χ3n) is 3.36. The standard InChI is InChI=1S/C12H16BrFN2/c1-7(8-3-4-8)16(2)12-5-9(13)10(14)6-11(12)15/h5-8H,3-4,15H2,1-2H3. The molecule has 1 aromatic rings. The largest absolute Gasteiger partial charge is 0.397 e. The molecule has 1 atom stereocenters. The zero-order chi connectivity index (χ0) is 11.9. The number of halogens is 2. The Morgan fingerprint density at radius 2 is 2.12 bits per heavy atom. The van der Waals surface area contributed by atoms with Gasteiger partial charge >= 0.3 is 0 Å². The molecule has 1 fully saturated rings. The van der Waals surface area contributed by atoms with Crippen molar-refractivity contribution in [2.75, 3.05) is 17.7 Å². The Kier molecular flexibility index (Phi) is 3.10. The molecule has 2 nitrogen and oxygen atoms in total. The Bertz CT molecular complexity index is 404. The van der Waals surface area contributed by atoms with Crippen molar-refractivity contribution < 1.29 is 4.39 Å². The highest BCUT2D eigenvalue weighted by Gasteiger charge is 2.31. The van der Waals surface area contributed by atoms with E-state index >= 15 is 0 Å². The molecule has 1 aliphatic carbocycles. The quantitative estimate of drug-likeness (QED) is 0.863. The zero-order valence-electron chi connectivity index (χ0n) is 9.50. The van der Waals surface area contributed by atoms with Crippen LogP contribution in [0.5, 0.6) is 0 Å². The zero-order valence-corrected chi connectivity index (χ0v) is 11.1. The molecule has 1 unspecified atom stereocenters. The van der Waals surface area contributed by atoms with Crippen molar-refractivity contribution in [3.63, 3.8) is 0 Å². The molecule has 1 aromatic carbocycles. The van der Waals surface area contributed by atoms with Crippen LogP contribution < -0.4 is 10.6 Å². The Morgan fingerprint density at radius 1 is 1.50 bits per heavy atom. The van der Waals surface area contributed by atoms with E-state index in [0.29, 0.717) is 16.2 Å². The third kappa shape index (κ3) is 2.17. The SMILES string of the molecule is CC(C1CC1)N(C)c1cc(Br)c(F)cc1N. The molecule has 4 heteroatoms. The number of nitrogens with two attached hydrogens (primary N) is 1. The first-order valence-corrected chi connectivity index (χ1v) is 6.27. The van der Waals surface area contributed by atoms with Crippen LogP contribution in [0.3, 0.4) is 0 Å². The normalized spacial score (nSPS) is 17.2. The molecule has 0 spiro atoms. The van der Waals surface area contributed by atoms with Crippen LogP contribution in [0.4, 0.5) is 15.8 Å². The Hall–Kier alpha value is -0.770. The van der Waals surface area contributed by atoms with Crippen LogP contribution in [-0.2, 0) is 0 Å². The summed E-state index contributed by atoms with van der Waals surface area (Å²) in [6, 6.07) is 3.58. The van der Waals surface area contributed by atoms with Gasteiger partial charge in [-0.15, -0.1) is 0 Å². The average Bonchev–Trinajstić information content (AvgIpc) is 3.05. The lowest BCUT2D eigenvalue weighted by Gasteiger charge is -2.28. The summed E-state index contributed by atoms with van der Waals surface area (Å²) in [5, 5.41) is 0. The van der Waals surface area contributed by atoms with Crippen molar-refractivity contribution in [1.82, 2.24) is 0 Å². The Morgan fingerprint density at radius 3 is 2.69 bits per heavy atom. The number of hydrogen-bond donors (Lipinski definition) is 1. The molecular formula is C12H16BrFN2. The van der Waals surface area contributed by atoms with E-state index in [9.17, 15) is 4.39 Å². The topological polar surface area (TPSA) is 29.3 Å². The van der Waals surface area contributed by atoms with Crippen LogP contribution in [0.25, 0.3) is 0 Å².